The molecule has 0 radical (unpaired) electrons. The molecule has 1 amide bonds. The number of nitriles is 1. The zero-order chi connectivity index (χ0) is 18.4. The van der Waals surface area contributed by atoms with Crippen molar-refractivity contribution in [3.05, 3.63) is 22.7 Å². The first-order valence-electron chi connectivity index (χ1n) is 8.06. The second-order valence-electron chi connectivity index (χ2n) is 5.93. The minimum Gasteiger partial charge on any atom is -0.496 e. The number of nitrogen functional groups attached to an aromatic ring is 1. The van der Waals surface area contributed by atoms with Gasteiger partial charge in [0.15, 0.2) is 0 Å². The number of nitrogens with one attached hydrogen (secondary N) is 1. The molecule has 1 saturated heterocycles. The highest BCUT2D eigenvalue weighted by molar-refractivity contribution is 6.33. The number of likely N-dealkylation sites (tertiary alicyclic amines) is 1. The summed E-state index contributed by atoms with van der Waals surface area (Å²) in [4.78, 5) is 14.8. The number of methoxy groups -OCH3 is 2. The molecule has 2 rings (SSSR count). The Morgan fingerprint density at radius 2 is 2.23 bits per heavy atom. The lowest BCUT2D eigenvalue weighted by molar-refractivity contribution is 0.00705. The molecule has 9 heteroatoms. The molecule has 0 saturated carbocycles. The Morgan fingerprint density at radius 3 is 2.85 bits per heavy atom. The maximum absolute atomic E-state index is 12.7. The van der Waals surface area contributed by atoms with Gasteiger partial charge in [-0.2, -0.15) is 5.26 Å². The van der Waals surface area contributed by atoms with Crippen molar-refractivity contribution in [1.29, 1.82) is 5.26 Å². The highest BCUT2D eigenvalue weighted by Crippen LogP contribution is 2.29. The molecule has 1 fully saturated rings. The van der Waals surface area contributed by atoms with Crippen molar-refractivity contribution < 1.29 is 19.7 Å². The highest BCUT2D eigenvalue weighted by atomic mass is 35.5. The zero-order valence-electron chi connectivity index (χ0n) is 14.9. The van der Waals surface area contributed by atoms with Crippen LogP contribution in [0.2, 0.25) is 5.02 Å². The Morgan fingerprint density at radius 1 is 1.50 bits per heavy atom. The van der Waals surface area contributed by atoms with Crippen LogP contribution in [0.25, 0.3) is 0 Å². The van der Waals surface area contributed by atoms with Crippen molar-refractivity contribution in [2.75, 3.05) is 39.6 Å². The van der Waals surface area contributed by atoms with Crippen LogP contribution in [-0.4, -0.2) is 62.3 Å². The molecule has 1 aromatic rings. The molecule has 0 bridgehead atoms. The molecular formula is C17H25ClN4O4. The number of nitrogens with two attached hydrogens (primary N) is 1. The smallest absolute Gasteiger partial charge is 0.255 e. The van der Waals surface area contributed by atoms with Gasteiger partial charge in [-0.1, -0.05) is 11.6 Å². The average Bonchev–Trinajstić information content (AvgIpc) is 2.62. The third kappa shape index (κ3) is 5.22. The van der Waals surface area contributed by atoms with Gasteiger partial charge in [0.05, 0.1) is 41.6 Å². The van der Waals surface area contributed by atoms with Crippen LogP contribution in [-0.2, 0) is 4.74 Å². The van der Waals surface area contributed by atoms with Gasteiger partial charge in [-0.05, 0) is 12.5 Å². The number of hydrogen-bond acceptors (Lipinski definition) is 6. The van der Waals surface area contributed by atoms with Gasteiger partial charge in [0, 0.05) is 39.2 Å². The number of piperidine rings is 1. The first-order chi connectivity index (χ1) is 12.0. The van der Waals surface area contributed by atoms with Gasteiger partial charge >= 0.3 is 0 Å². The van der Waals surface area contributed by atoms with Crippen molar-refractivity contribution in [2.24, 2.45) is 0 Å². The van der Waals surface area contributed by atoms with Crippen LogP contribution in [0.15, 0.2) is 12.1 Å². The quantitative estimate of drug-likeness (QED) is 0.698. The molecule has 1 aliphatic heterocycles. The van der Waals surface area contributed by atoms with E-state index in [0.29, 0.717) is 41.5 Å². The number of carbonyl (C=O) groups is 1. The molecule has 1 aromatic carbocycles. The predicted molar refractivity (Wildman–Crippen MR) is 99.4 cm³/mol. The Hall–Kier alpha value is -2.05. The minimum atomic E-state index is -0.281. The summed E-state index contributed by atoms with van der Waals surface area (Å²) in [6.07, 6.45) is 1.07. The van der Waals surface area contributed by atoms with Gasteiger partial charge in [-0.25, -0.2) is 0 Å². The summed E-state index contributed by atoms with van der Waals surface area (Å²) >= 11 is 6.03. The number of hydrogen-bond donors (Lipinski definition) is 2. The van der Waals surface area contributed by atoms with Gasteiger partial charge in [-0.15, -0.1) is 0 Å². The molecule has 1 heterocycles. The third-order valence-corrected chi connectivity index (χ3v) is 4.69. The molecule has 8 nitrogen and oxygen atoms in total. The zero-order valence-corrected chi connectivity index (χ0v) is 15.7. The van der Waals surface area contributed by atoms with Crippen molar-refractivity contribution in [1.82, 2.24) is 10.2 Å². The summed E-state index contributed by atoms with van der Waals surface area (Å²) in [6.45, 7) is 2.17. The fourth-order valence-electron chi connectivity index (χ4n) is 2.96. The van der Waals surface area contributed by atoms with Crippen LogP contribution in [0.1, 0.15) is 23.2 Å². The van der Waals surface area contributed by atoms with E-state index in [9.17, 15) is 4.79 Å². The molecule has 2 atom stereocenters. The number of halogens is 1. The average molecular weight is 385 g/mol. The molecule has 144 valence electrons. The van der Waals surface area contributed by atoms with Crippen LogP contribution in [0.3, 0.4) is 0 Å². The maximum Gasteiger partial charge on any atom is 0.255 e. The summed E-state index contributed by atoms with van der Waals surface area (Å²) in [5.41, 5.74) is 6.45. The summed E-state index contributed by atoms with van der Waals surface area (Å²) in [5.74, 6) is 0.0936. The largest absolute Gasteiger partial charge is 0.496 e. The Kier molecular flexibility index (Phi) is 8.61. The topological polar surface area (TPSA) is 132 Å². The third-order valence-electron chi connectivity index (χ3n) is 4.37. The lowest BCUT2D eigenvalue weighted by Gasteiger charge is -2.37. The monoisotopic (exact) mass is 384 g/mol. The Bertz CT molecular complexity index is 665. The lowest BCUT2D eigenvalue weighted by atomic mass is 10.0. The highest BCUT2D eigenvalue weighted by Gasteiger charge is 2.31. The normalized spacial score (nSPS) is 19.9. The molecule has 5 N–H and O–H groups in total. The number of amides is 1. The molecule has 0 spiro atoms. The van der Waals surface area contributed by atoms with Gasteiger partial charge in [0.25, 0.3) is 5.91 Å². The number of carbonyl (C=O) groups excluding carboxylic acids is 1. The fourth-order valence-corrected chi connectivity index (χ4v) is 3.12. The number of rotatable bonds is 6. The van der Waals surface area contributed by atoms with E-state index in [1.165, 1.54) is 19.2 Å². The van der Waals surface area contributed by atoms with Crippen molar-refractivity contribution in [3.63, 3.8) is 0 Å². The number of ether oxygens (including phenoxy) is 2. The van der Waals surface area contributed by atoms with Crippen LogP contribution in [0, 0.1) is 11.3 Å². The molecule has 26 heavy (non-hydrogen) atoms. The predicted octanol–water partition coefficient (Wildman–Crippen LogP) is 0.839. The lowest BCUT2D eigenvalue weighted by Crippen LogP contribution is -2.54. The van der Waals surface area contributed by atoms with E-state index in [4.69, 9.17) is 32.1 Å². The summed E-state index contributed by atoms with van der Waals surface area (Å²) in [7, 11) is 3.10. The fraction of sp³-hybridized carbons (Fsp3) is 0.529. The van der Waals surface area contributed by atoms with Gasteiger partial charge in [0.1, 0.15) is 5.75 Å². The standard InChI is InChI=1S/C17H23ClN4O3.H2O/c1-24-15-9-13(20)12(18)8-11(15)17(23)21-14-4-7-22(6-3-5-19)10-16(14)25-2;/h8-9,14,16H,3-4,6-7,10,20H2,1-2H3,(H,21,23);1H2/t14-,16+;/m1./s1. The van der Waals surface area contributed by atoms with E-state index in [2.05, 4.69) is 16.3 Å². The van der Waals surface area contributed by atoms with Crippen molar-refractivity contribution in [3.8, 4) is 11.8 Å². The van der Waals surface area contributed by atoms with E-state index in [1.54, 1.807) is 7.11 Å². The summed E-state index contributed by atoms with van der Waals surface area (Å²) in [6, 6.07) is 5.06. The van der Waals surface area contributed by atoms with Crippen LogP contribution >= 0.6 is 11.6 Å². The van der Waals surface area contributed by atoms with Crippen molar-refractivity contribution >= 4 is 23.2 Å². The van der Waals surface area contributed by atoms with Gasteiger partial charge in [0.2, 0.25) is 0 Å². The van der Waals surface area contributed by atoms with Crippen molar-refractivity contribution in [2.45, 2.75) is 25.0 Å². The van der Waals surface area contributed by atoms with Crippen LogP contribution < -0.4 is 15.8 Å². The van der Waals surface area contributed by atoms with E-state index < -0.39 is 0 Å². The second-order valence-corrected chi connectivity index (χ2v) is 6.33. The minimum absolute atomic E-state index is 0. The summed E-state index contributed by atoms with van der Waals surface area (Å²) in [5, 5.41) is 12.0. The SMILES string of the molecule is COc1cc(N)c(Cl)cc1C(=O)N[C@@H]1CCN(CCC#N)C[C@@H]1OC.O. The van der Waals surface area contributed by atoms with E-state index in [1.807, 2.05) is 0 Å². The number of anilines is 1. The molecular weight excluding hydrogens is 360 g/mol. The Labute approximate surface area is 158 Å². The first kappa shape index (κ1) is 22.0. The Balaban J connectivity index is 0.00000338. The molecule has 0 unspecified atom stereocenters. The maximum atomic E-state index is 12.7. The van der Waals surface area contributed by atoms with Crippen LogP contribution in [0.5, 0.6) is 5.75 Å². The summed E-state index contributed by atoms with van der Waals surface area (Å²) < 4.78 is 10.8. The van der Waals surface area contributed by atoms with E-state index in [-0.39, 0.29) is 23.5 Å². The van der Waals surface area contributed by atoms with E-state index >= 15 is 0 Å². The van der Waals surface area contributed by atoms with E-state index in [0.717, 1.165) is 13.0 Å². The molecule has 0 aromatic heterocycles. The molecule has 0 aliphatic carbocycles. The molecule has 1 aliphatic rings. The first-order valence-corrected chi connectivity index (χ1v) is 8.44. The van der Waals surface area contributed by atoms with Gasteiger partial charge in [-0.3, -0.25) is 9.69 Å². The second kappa shape index (κ2) is 10.2. The number of benzene rings is 1. The van der Waals surface area contributed by atoms with Crippen LogP contribution in [0.4, 0.5) is 5.69 Å². The van der Waals surface area contributed by atoms with Gasteiger partial charge < -0.3 is 26.0 Å². The number of nitrogens with zero attached hydrogens (tertiary/aromatic N) is 2.